The molecule has 0 bridgehead atoms. The third kappa shape index (κ3) is 2.63. The zero-order valence-corrected chi connectivity index (χ0v) is 12.4. The summed E-state index contributed by atoms with van der Waals surface area (Å²) in [5.41, 5.74) is 6.88. The molecular formula is C17H16ClN3. The van der Waals surface area contributed by atoms with Crippen LogP contribution in [0.2, 0.25) is 5.02 Å². The number of hydrazine groups is 1. The molecule has 1 heterocycles. The molecule has 21 heavy (non-hydrogen) atoms. The van der Waals surface area contributed by atoms with Gasteiger partial charge in [-0.25, -0.2) is 5.43 Å². The van der Waals surface area contributed by atoms with Gasteiger partial charge in [0.2, 0.25) is 0 Å². The van der Waals surface area contributed by atoms with Crippen LogP contribution in [0.1, 0.15) is 22.7 Å². The van der Waals surface area contributed by atoms with E-state index in [2.05, 4.69) is 10.4 Å². The number of rotatable bonds is 3. The summed E-state index contributed by atoms with van der Waals surface area (Å²) in [4.78, 5) is 4.48. The van der Waals surface area contributed by atoms with E-state index in [1.165, 1.54) is 0 Å². The van der Waals surface area contributed by atoms with Gasteiger partial charge in [0.25, 0.3) is 0 Å². The minimum absolute atomic E-state index is 0.198. The number of para-hydroxylation sites is 1. The van der Waals surface area contributed by atoms with E-state index in [1.807, 2.05) is 55.5 Å². The van der Waals surface area contributed by atoms with Crippen molar-refractivity contribution in [1.82, 2.24) is 10.4 Å². The van der Waals surface area contributed by atoms with Crippen molar-refractivity contribution in [2.24, 2.45) is 5.84 Å². The Hall–Kier alpha value is -1.94. The molecule has 0 aliphatic rings. The molecule has 1 unspecified atom stereocenters. The predicted octanol–water partition coefficient (Wildman–Crippen LogP) is 3.75. The molecule has 2 aromatic carbocycles. The number of nitrogens with zero attached hydrogens (tertiary/aromatic N) is 1. The molecule has 106 valence electrons. The van der Waals surface area contributed by atoms with Crippen LogP contribution in [0.25, 0.3) is 10.9 Å². The molecule has 0 radical (unpaired) electrons. The molecule has 3 nitrogen and oxygen atoms in total. The van der Waals surface area contributed by atoms with Gasteiger partial charge in [0, 0.05) is 22.2 Å². The minimum atomic E-state index is -0.198. The summed E-state index contributed by atoms with van der Waals surface area (Å²) in [5, 5.41) is 1.78. The number of hydrogen-bond donors (Lipinski definition) is 2. The first-order chi connectivity index (χ1) is 10.2. The van der Waals surface area contributed by atoms with Crippen LogP contribution in [0.3, 0.4) is 0 Å². The molecule has 0 fully saturated rings. The average molecular weight is 298 g/mol. The third-order valence-corrected chi connectivity index (χ3v) is 3.94. The van der Waals surface area contributed by atoms with Crippen molar-refractivity contribution in [1.29, 1.82) is 0 Å². The second-order valence-corrected chi connectivity index (χ2v) is 5.45. The lowest BCUT2D eigenvalue weighted by atomic mass is 9.96. The fraction of sp³-hybridized carbons (Fsp3) is 0.118. The molecule has 0 spiro atoms. The number of nitrogens with one attached hydrogen (secondary N) is 1. The molecule has 0 saturated heterocycles. The van der Waals surface area contributed by atoms with E-state index in [0.29, 0.717) is 5.02 Å². The normalized spacial score (nSPS) is 12.5. The van der Waals surface area contributed by atoms with E-state index >= 15 is 0 Å². The second kappa shape index (κ2) is 5.82. The summed E-state index contributed by atoms with van der Waals surface area (Å²) in [6, 6.07) is 15.8. The van der Waals surface area contributed by atoms with Gasteiger partial charge in [-0.1, -0.05) is 48.0 Å². The van der Waals surface area contributed by atoms with E-state index in [0.717, 1.165) is 27.6 Å². The van der Waals surface area contributed by atoms with Gasteiger partial charge in [-0.2, -0.15) is 0 Å². The summed E-state index contributed by atoms with van der Waals surface area (Å²) >= 11 is 6.39. The van der Waals surface area contributed by atoms with E-state index in [4.69, 9.17) is 17.4 Å². The van der Waals surface area contributed by atoms with Gasteiger partial charge in [0.05, 0.1) is 11.6 Å². The fourth-order valence-electron chi connectivity index (χ4n) is 2.57. The Morgan fingerprint density at radius 1 is 1.10 bits per heavy atom. The number of aromatic nitrogens is 1. The standard InChI is InChI=1S/C17H16ClN3/c1-11-7-8-13(15(18)10-11)17(21-19)14-6-2-4-12-5-3-9-20-16(12)14/h2-10,17,21H,19H2,1H3. The van der Waals surface area contributed by atoms with Crippen LogP contribution < -0.4 is 11.3 Å². The van der Waals surface area contributed by atoms with Gasteiger partial charge in [-0.15, -0.1) is 0 Å². The molecule has 3 rings (SSSR count). The van der Waals surface area contributed by atoms with E-state index in [-0.39, 0.29) is 6.04 Å². The van der Waals surface area contributed by atoms with Gasteiger partial charge >= 0.3 is 0 Å². The van der Waals surface area contributed by atoms with Crippen molar-refractivity contribution < 1.29 is 0 Å². The first-order valence-electron chi connectivity index (χ1n) is 6.76. The molecule has 3 aromatic rings. The second-order valence-electron chi connectivity index (χ2n) is 5.05. The lowest BCUT2D eigenvalue weighted by Gasteiger charge is -2.20. The van der Waals surface area contributed by atoms with Gasteiger partial charge in [-0.3, -0.25) is 10.8 Å². The van der Waals surface area contributed by atoms with E-state index < -0.39 is 0 Å². The molecule has 0 saturated carbocycles. The van der Waals surface area contributed by atoms with Crippen molar-refractivity contribution in [3.8, 4) is 0 Å². The Labute approximate surface area is 128 Å². The molecule has 1 atom stereocenters. The summed E-state index contributed by atoms with van der Waals surface area (Å²) in [7, 11) is 0. The molecule has 1 aromatic heterocycles. The van der Waals surface area contributed by atoms with Gasteiger partial charge in [0.15, 0.2) is 0 Å². The van der Waals surface area contributed by atoms with Gasteiger partial charge in [-0.05, 0) is 30.2 Å². The number of aryl methyl sites for hydroxylation is 1. The quantitative estimate of drug-likeness (QED) is 0.572. The predicted molar refractivity (Wildman–Crippen MR) is 87.1 cm³/mol. The Balaban J connectivity index is 2.18. The van der Waals surface area contributed by atoms with Crippen LogP contribution in [-0.4, -0.2) is 4.98 Å². The van der Waals surface area contributed by atoms with Crippen molar-refractivity contribution in [3.63, 3.8) is 0 Å². The zero-order chi connectivity index (χ0) is 14.8. The molecular weight excluding hydrogens is 282 g/mol. The number of nitrogens with two attached hydrogens (primary N) is 1. The van der Waals surface area contributed by atoms with Crippen LogP contribution in [-0.2, 0) is 0 Å². The number of pyridine rings is 1. The number of hydrogen-bond acceptors (Lipinski definition) is 3. The van der Waals surface area contributed by atoms with Crippen molar-refractivity contribution in [3.05, 3.63) is 76.4 Å². The van der Waals surface area contributed by atoms with Crippen LogP contribution in [0, 0.1) is 6.92 Å². The lowest BCUT2D eigenvalue weighted by Crippen LogP contribution is -2.29. The maximum absolute atomic E-state index is 6.39. The Morgan fingerprint density at radius 3 is 2.67 bits per heavy atom. The Kier molecular flexibility index (Phi) is 3.88. The van der Waals surface area contributed by atoms with Crippen molar-refractivity contribution in [2.45, 2.75) is 13.0 Å². The summed E-state index contributed by atoms with van der Waals surface area (Å²) in [6.07, 6.45) is 1.79. The topological polar surface area (TPSA) is 50.9 Å². The van der Waals surface area contributed by atoms with Crippen LogP contribution in [0.5, 0.6) is 0 Å². The number of halogens is 1. The van der Waals surface area contributed by atoms with Gasteiger partial charge in [0.1, 0.15) is 0 Å². The first-order valence-corrected chi connectivity index (χ1v) is 7.14. The maximum Gasteiger partial charge on any atom is 0.0753 e. The smallest absolute Gasteiger partial charge is 0.0753 e. The fourth-order valence-corrected chi connectivity index (χ4v) is 2.92. The van der Waals surface area contributed by atoms with Crippen LogP contribution >= 0.6 is 11.6 Å². The van der Waals surface area contributed by atoms with E-state index in [9.17, 15) is 0 Å². The maximum atomic E-state index is 6.39. The third-order valence-electron chi connectivity index (χ3n) is 3.61. The Bertz CT molecular complexity index is 781. The summed E-state index contributed by atoms with van der Waals surface area (Å²) in [5.74, 6) is 5.80. The molecule has 3 N–H and O–H groups in total. The molecule has 4 heteroatoms. The summed E-state index contributed by atoms with van der Waals surface area (Å²) < 4.78 is 0. The van der Waals surface area contributed by atoms with Gasteiger partial charge < -0.3 is 0 Å². The molecule has 0 aliphatic carbocycles. The monoisotopic (exact) mass is 297 g/mol. The first kappa shape index (κ1) is 14.0. The zero-order valence-electron chi connectivity index (χ0n) is 11.7. The van der Waals surface area contributed by atoms with Crippen molar-refractivity contribution >= 4 is 22.5 Å². The number of benzene rings is 2. The van der Waals surface area contributed by atoms with Crippen LogP contribution in [0.15, 0.2) is 54.7 Å². The van der Waals surface area contributed by atoms with Crippen molar-refractivity contribution in [2.75, 3.05) is 0 Å². The highest BCUT2D eigenvalue weighted by Gasteiger charge is 2.18. The minimum Gasteiger partial charge on any atom is -0.271 e. The number of fused-ring (bicyclic) bond motifs is 1. The Morgan fingerprint density at radius 2 is 1.90 bits per heavy atom. The highest BCUT2D eigenvalue weighted by atomic mass is 35.5. The highest BCUT2D eigenvalue weighted by Crippen LogP contribution is 2.31. The average Bonchev–Trinajstić information content (AvgIpc) is 2.50. The lowest BCUT2D eigenvalue weighted by molar-refractivity contribution is 0.640. The highest BCUT2D eigenvalue weighted by molar-refractivity contribution is 6.31. The molecule has 0 amide bonds. The largest absolute Gasteiger partial charge is 0.271 e. The van der Waals surface area contributed by atoms with Crippen LogP contribution in [0.4, 0.5) is 0 Å². The SMILES string of the molecule is Cc1ccc(C(NN)c2cccc3cccnc23)c(Cl)c1. The van der Waals surface area contributed by atoms with E-state index in [1.54, 1.807) is 6.20 Å². The summed E-state index contributed by atoms with van der Waals surface area (Å²) in [6.45, 7) is 2.01. The molecule has 0 aliphatic heterocycles.